The Morgan fingerprint density at radius 2 is 0.912 bits per heavy atom. The van der Waals surface area contributed by atoms with E-state index < -0.39 is 24.1 Å². The van der Waals surface area contributed by atoms with Crippen LogP contribution < -0.4 is 10.6 Å². The van der Waals surface area contributed by atoms with Gasteiger partial charge in [0.2, 0.25) is 0 Å². The number of rotatable bonds is 12. The molecule has 0 aromatic heterocycles. The smallest absolute Gasteiger partial charge is 0.407 e. The first kappa shape index (κ1) is 27.5. The van der Waals surface area contributed by atoms with Crippen molar-refractivity contribution in [3.8, 4) is 0 Å². The zero-order chi connectivity index (χ0) is 24.4. The van der Waals surface area contributed by atoms with Gasteiger partial charge in [-0.15, -0.1) is 0 Å². The maximum absolute atomic E-state index is 11.6. The molecule has 2 aliphatic rings. The third-order valence-corrected chi connectivity index (χ3v) is 6.00. The zero-order valence-corrected chi connectivity index (χ0v) is 19.9. The number of alkyl carbamates (subject to hydrolysis) is 2. The predicted molar refractivity (Wildman–Crippen MR) is 123 cm³/mol. The van der Waals surface area contributed by atoms with Crippen molar-refractivity contribution >= 4 is 24.1 Å². The standard InChI is InChI=1S/C24H38N2O8/c27-21(31-13-15-33-23(29)25-17-19-7-3-1-4-8-19)11-12-22(28)32-14-16-34-24(30)26-18-20-9-5-2-6-10-20/h11-12,19-20H,1-10,13-18H2,(H,25,29)(H,26,30)/b12-11+. The van der Waals surface area contributed by atoms with E-state index in [1.165, 1.54) is 38.5 Å². The molecule has 34 heavy (non-hydrogen) atoms. The molecule has 0 aliphatic heterocycles. The lowest BCUT2D eigenvalue weighted by Gasteiger charge is -2.21. The van der Waals surface area contributed by atoms with Crippen LogP contribution in [0.4, 0.5) is 9.59 Å². The molecule has 0 bridgehead atoms. The molecule has 0 aromatic carbocycles. The number of hydrogen-bond acceptors (Lipinski definition) is 8. The Morgan fingerprint density at radius 1 is 0.559 bits per heavy atom. The highest BCUT2D eigenvalue weighted by Gasteiger charge is 2.15. The molecule has 0 saturated heterocycles. The fourth-order valence-electron chi connectivity index (χ4n) is 4.13. The van der Waals surface area contributed by atoms with Gasteiger partial charge in [-0.3, -0.25) is 0 Å². The van der Waals surface area contributed by atoms with Crippen LogP contribution in [0.5, 0.6) is 0 Å². The van der Waals surface area contributed by atoms with Crippen LogP contribution >= 0.6 is 0 Å². The van der Waals surface area contributed by atoms with Crippen LogP contribution in [0.15, 0.2) is 12.2 Å². The molecular weight excluding hydrogens is 444 g/mol. The molecule has 2 saturated carbocycles. The first-order valence-corrected chi connectivity index (χ1v) is 12.4. The second-order valence-corrected chi connectivity index (χ2v) is 8.71. The summed E-state index contributed by atoms with van der Waals surface area (Å²) in [4.78, 5) is 46.5. The fraction of sp³-hybridized carbons (Fsp3) is 0.750. The van der Waals surface area contributed by atoms with E-state index in [9.17, 15) is 19.2 Å². The number of carbonyl (C=O) groups is 4. The molecular formula is C24H38N2O8. The van der Waals surface area contributed by atoms with E-state index in [1.807, 2.05) is 0 Å². The summed E-state index contributed by atoms with van der Waals surface area (Å²) in [5.74, 6) is -0.527. The highest BCUT2D eigenvalue weighted by atomic mass is 16.6. The van der Waals surface area contributed by atoms with Crippen molar-refractivity contribution in [1.82, 2.24) is 10.6 Å². The van der Waals surface area contributed by atoms with Crippen LogP contribution in [-0.2, 0) is 28.5 Å². The zero-order valence-electron chi connectivity index (χ0n) is 19.9. The minimum atomic E-state index is -0.762. The molecule has 2 rings (SSSR count). The molecule has 0 heterocycles. The van der Waals surface area contributed by atoms with Crippen LogP contribution in [-0.4, -0.2) is 63.6 Å². The minimum absolute atomic E-state index is 0.0827. The first-order chi connectivity index (χ1) is 16.5. The second-order valence-electron chi connectivity index (χ2n) is 8.71. The number of amides is 2. The Hall–Kier alpha value is -2.78. The summed E-state index contributed by atoms with van der Waals surface area (Å²) < 4.78 is 19.6. The predicted octanol–water partition coefficient (Wildman–Crippen LogP) is 3.24. The van der Waals surface area contributed by atoms with Crippen LogP contribution in [0.25, 0.3) is 0 Å². The maximum atomic E-state index is 11.6. The van der Waals surface area contributed by atoms with E-state index in [1.54, 1.807) is 0 Å². The van der Waals surface area contributed by atoms with E-state index in [0.717, 1.165) is 37.8 Å². The third-order valence-electron chi connectivity index (χ3n) is 6.00. The van der Waals surface area contributed by atoms with Crippen LogP contribution in [0.2, 0.25) is 0 Å². The summed E-state index contributed by atoms with van der Waals surface area (Å²) in [7, 11) is 0. The van der Waals surface area contributed by atoms with Crippen molar-refractivity contribution < 1.29 is 38.1 Å². The van der Waals surface area contributed by atoms with Gasteiger partial charge in [0.1, 0.15) is 26.4 Å². The van der Waals surface area contributed by atoms with Gasteiger partial charge < -0.3 is 29.6 Å². The average molecular weight is 483 g/mol. The molecule has 2 aliphatic carbocycles. The molecule has 10 heteroatoms. The molecule has 192 valence electrons. The SMILES string of the molecule is O=C(/C=C/C(=O)OCCOC(=O)NCC1CCCCC1)OCCOC(=O)NCC1CCCCC1. The Kier molecular flexibility index (Phi) is 13.5. The Labute approximate surface area is 201 Å². The molecule has 2 N–H and O–H groups in total. The van der Waals surface area contributed by atoms with Gasteiger partial charge in [0.05, 0.1) is 0 Å². The average Bonchev–Trinajstić information content (AvgIpc) is 2.86. The minimum Gasteiger partial charge on any atom is -0.459 e. The number of hydrogen-bond donors (Lipinski definition) is 2. The van der Waals surface area contributed by atoms with Crippen LogP contribution in [0, 0.1) is 11.8 Å². The van der Waals surface area contributed by atoms with Crippen molar-refractivity contribution in [3.63, 3.8) is 0 Å². The lowest BCUT2D eigenvalue weighted by Crippen LogP contribution is -2.31. The molecule has 10 nitrogen and oxygen atoms in total. The van der Waals surface area contributed by atoms with Crippen molar-refractivity contribution in [1.29, 1.82) is 0 Å². The van der Waals surface area contributed by atoms with Gasteiger partial charge in [0.15, 0.2) is 0 Å². The van der Waals surface area contributed by atoms with Crippen molar-refractivity contribution in [3.05, 3.63) is 12.2 Å². The van der Waals surface area contributed by atoms with Crippen LogP contribution in [0.3, 0.4) is 0 Å². The first-order valence-electron chi connectivity index (χ1n) is 12.4. The van der Waals surface area contributed by atoms with E-state index in [4.69, 9.17) is 18.9 Å². The Bertz CT molecular complexity index is 614. The van der Waals surface area contributed by atoms with Gasteiger partial charge in [-0.2, -0.15) is 0 Å². The van der Waals surface area contributed by atoms with Crippen molar-refractivity contribution in [2.75, 3.05) is 39.5 Å². The topological polar surface area (TPSA) is 129 Å². The number of nitrogens with one attached hydrogen (secondary N) is 2. The van der Waals surface area contributed by atoms with E-state index in [0.29, 0.717) is 24.9 Å². The summed E-state index contributed by atoms with van der Waals surface area (Å²) in [6.45, 7) is 0.776. The molecule has 0 aromatic rings. The van der Waals surface area contributed by atoms with Gasteiger partial charge in [-0.25, -0.2) is 19.2 Å². The molecule has 2 fully saturated rings. The summed E-state index contributed by atoms with van der Waals surface area (Å²) >= 11 is 0. The maximum Gasteiger partial charge on any atom is 0.407 e. The van der Waals surface area contributed by atoms with Crippen LogP contribution in [0.1, 0.15) is 64.2 Å². The summed E-state index contributed by atoms with van der Waals surface area (Å²) in [6, 6.07) is 0. The highest BCUT2D eigenvalue weighted by Crippen LogP contribution is 2.23. The molecule has 0 spiro atoms. The van der Waals surface area contributed by atoms with Crippen molar-refractivity contribution in [2.45, 2.75) is 64.2 Å². The summed E-state index contributed by atoms with van der Waals surface area (Å²) in [5.41, 5.74) is 0. The summed E-state index contributed by atoms with van der Waals surface area (Å²) in [5, 5.41) is 5.44. The Balaban J connectivity index is 1.42. The number of ether oxygens (including phenoxy) is 4. The quantitative estimate of drug-likeness (QED) is 0.188. The number of carbonyl (C=O) groups excluding carboxylic acids is 4. The molecule has 0 radical (unpaired) electrons. The van der Waals surface area contributed by atoms with Crippen molar-refractivity contribution in [2.24, 2.45) is 11.8 Å². The van der Waals surface area contributed by atoms with E-state index in [2.05, 4.69) is 10.6 Å². The molecule has 2 amide bonds. The highest BCUT2D eigenvalue weighted by molar-refractivity contribution is 5.91. The Morgan fingerprint density at radius 3 is 1.29 bits per heavy atom. The van der Waals surface area contributed by atoms with Gasteiger partial charge in [-0.1, -0.05) is 38.5 Å². The molecule has 0 atom stereocenters. The van der Waals surface area contributed by atoms with Gasteiger partial charge >= 0.3 is 24.1 Å². The number of esters is 2. The largest absolute Gasteiger partial charge is 0.459 e. The second kappa shape index (κ2) is 16.8. The third kappa shape index (κ3) is 13.1. The van der Waals surface area contributed by atoms with E-state index in [-0.39, 0.29) is 26.4 Å². The normalized spacial score (nSPS) is 17.1. The lowest BCUT2D eigenvalue weighted by molar-refractivity contribution is -0.141. The summed E-state index contributed by atoms with van der Waals surface area (Å²) in [6.07, 6.45) is 12.6. The van der Waals surface area contributed by atoms with Gasteiger partial charge in [0.25, 0.3) is 0 Å². The fourth-order valence-corrected chi connectivity index (χ4v) is 4.13. The van der Waals surface area contributed by atoms with E-state index >= 15 is 0 Å². The van der Waals surface area contributed by atoms with Gasteiger partial charge in [0, 0.05) is 25.2 Å². The monoisotopic (exact) mass is 482 g/mol. The molecule has 0 unspecified atom stereocenters. The van der Waals surface area contributed by atoms with Gasteiger partial charge in [-0.05, 0) is 37.5 Å². The lowest BCUT2D eigenvalue weighted by atomic mass is 9.89.